The minimum atomic E-state index is -3.57. The Hall–Kier alpha value is -2.74. The fraction of sp³-hybridized carbons (Fsp3) is 0.150. The molecule has 0 aliphatic rings. The molecular formula is C20H14BrF3N4. The maximum absolute atomic E-state index is 13.4. The van der Waals surface area contributed by atoms with Gasteiger partial charge in [-0.05, 0) is 51.8 Å². The van der Waals surface area contributed by atoms with E-state index in [1.807, 2.05) is 34.8 Å². The fourth-order valence-corrected chi connectivity index (χ4v) is 3.40. The van der Waals surface area contributed by atoms with Gasteiger partial charge in [-0.2, -0.15) is 13.9 Å². The normalized spacial score (nSPS) is 11.9. The molecule has 0 N–H and O–H groups in total. The van der Waals surface area contributed by atoms with E-state index in [0.29, 0.717) is 12.0 Å². The molecule has 28 heavy (non-hydrogen) atoms. The minimum absolute atomic E-state index is 0.392. The van der Waals surface area contributed by atoms with Gasteiger partial charge in [-0.25, -0.2) is 8.91 Å². The van der Waals surface area contributed by atoms with Gasteiger partial charge in [0.05, 0.1) is 27.6 Å². The first-order valence-electron chi connectivity index (χ1n) is 8.45. The summed E-state index contributed by atoms with van der Waals surface area (Å²) in [7, 11) is 0. The van der Waals surface area contributed by atoms with Crippen molar-refractivity contribution in [2.75, 3.05) is 6.67 Å². The predicted molar refractivity (Wildman–Crippen MR) is 103 cm³/mol. The highest BCUT2D eigenvalue weighted by molar-refractivity contribution is 9.10. The molecule has 0 saturated carbocycles. The van der Waals surface area contributed by atoms with Gasteiger partial charge in [0.1, 0.15) is 5.69 Å². The highest BCUT2D eigenvalue weighted by Crippen LogP contribution is 2.29. The summed E-state index contributed by atoms with van der Waals surface area (Å²) < 4.78 is 42.0. The number of halogens is 4. The lowest BCUT2D eigenvalue weighted by Gasteiger charge is -2.13. The molecule has 0 unspecified atom stereocenters. The molecule has 0 bridgehead atoms. The Bertz CT molecular complexity index is 1130. The van der Waals surface area contributed by atoms with Gasteiger partial charge in [0.15, 0.2) is 6.67 Å². The van der Waals surface area contributed by atoms with E-state index >= 15 is 0 Å². The summed E-state index contributed by atoms with van der Waals surface area (Å²) in [6.45, 7) is -1.77. The second-order valence-corrected chi connectivity index (χ2v) is 7.12. The number of aromatic nitrogens is 4. The molecule has 0 saturated heterocycles. The lowest BCUT2D eigenvalue weighted by Crippen LogP contribution is -2.17. The smallest absolute Gasteiger partial charge is 0.260 e. The molecule has 142 valence electrons. The van der Waals surface area contributed by atoms with E-state index in [1.54, 1.807) is 12.4 Å². The van der Waals surface area contributed by atoms with Crippen LogP contribution in [0.3, 0.4) is 0 Å². The summed E-state index contributed by atoms with van der Waals surface area (Å²) in [6.07, 6.45) is 5.13. The van der Waals surface area contributed by atoms with Crippen molar-refractivity contribution in [3.05, 3.63) is 82.5 Å². The average Bonchev–Trinajstić information content (AvgIpc) is 3.10. The van der Waals surface area contributed by atoms with Crippen LogP contribution in [0.2, 0.25) is 0 Å². The van der Waals surface area contributed by atoms with Gasteiger partial charge < -0.3 is 0 Å². The van der Waals surface area contributed by atoms with Gasteiger partial charge in [-0.1, -0.05) is 12.1 Å². The van der Waals surface area contributed by atoms with Crippen LogP contribution in [0.1, 0.15) is 17.0 Å². The van der Waals surface area contributed by atoms with Crippen molar-refractivity contribution >= 4 is 21.4 Å². The largest absolute Gasteiger partial charge is 0.317 e. The molecule has 4 rings (SSSR count). The standard InChI is InChI=1S/C20H14BrF3N4/c21-15-11-27-28-17(4-1-5-18(15)28)14-3-2-8-25-16(14)9-13-6-7-19(26-10-13)20(23,24)12-22/h1-8,10-11H,9,12H2. The van der Waals surface area contributed by atoms with Crippen molar-refractivity contribution in [3.8, 4) is 11.3 Å². The van der Waals surface area contributed by atoms with E-state index < -0.39 is 18.3 Å². The third-order valence-electron chi connectivity index (χ3n) is 4.40. The molecule has 0 atom stereocenters. The van der Waals surface area contributed by atoms with Gasteiger partial charge in [-0.3, -0.25) is 9.97 Å². The zero-order valence-corrected chi connectivity index (χ0v) is 16.1. The van der Waals surface area contributed by atoms with Gasteiger partial charge in [0, 0.05) is 24.4 Å². The first-order valence-corrected chi connectivity index (χ1v) is 9.24. The summed E-state index contributed by atoms with van der Waals surface area (Å²) in [5, 5.41) is 4.40. The first kappa shape index (κ1) is 18.6. The van der Waals surface area contributed by atoms with E-state index in [2.05, 4.69) is 31.0 Å². The third-order valence-corrected chi connectivity index (χ3v) is 5.01. The highest BCUT2D eigenvalue weighted by Gasteiger charge is 2.33. The zero-order chi connectivity index (χ0) is 19.7. The van der Waals surface area contributed by atoms with Crippen LogP contribution in [0.25, 0.3) is 16.8 Å². The van der Waals surface area contributed by atoms with Gasteiger partial charge in [0.2, 0.25) is 0 Å². The van der Waals surface area contributed by atoms with Crippen molar-refractivity contribution in [2.24, 2.45) is 0 Å². The first-order chi connectivity index (χ1) is 13.5. The number of alkyl halides is 3. The van der Waals surface area contributed by atoms with Crippen LogP contribution in [-0.2, 0) is 12.3 Å². The second kappa shape index (κ2) is 7.35. The lowest BCUT2D eigenvalue weighted by atomic mass is 10.0. The van der Waals surface area contributed by atoms with Crippen molar-refractivity contribution in [2.45, 2.75) is 12.3 Å². The minimum Gasteiger partial charge on any atom is -0.260 e. The van der Waals surface area contributed by atoms with E-state index in [0.717, 1.165) is 33.0 Å². The molecule has 0 fully saturated rings. The molecular weight excluding hydrogens is 433 g/mol. The number of hydrogen-bond acceptors (Lipinski definition) is 3. The van der Waals surface area contributed by atoms with E-state index in [1.165, 1.54) is 12.3 Å². The summed E-state index contributed by atoms with van der Waals surface area (Å²) in [5.74, 6) is -3.57. The molecule has 0 aliphatic heterocycles. The summed E-state index contributed by atoms with van der Waals surface area (Å²) in [4.78, 5) is 8.19. The molecule has 4 aromatic heterocycles. The number of rotatable bonds is 5. The van der Waals surface area contributed by atoms with Crippen LogP contribution >= 0.6 is 15.9 Å². The quantitative estimate of drug-likeness (QED) is 0.422. The van der Waals surface area contributed by atoms with Crippen molar-refractivity contribution in [3.63, 3.8) is 0 Å². The summed E-state index contributed by atoms with van der Waals surface area (Å²) >= 11 is 3.48. The maximum atomic E-state index is 13.4. The van der Waals surface area contributed by atoms with Gasteiger partial charge in [0.25, 0.3) is 0 Å². The number of fused-ring (bicyclic) bond motifs is 1. The molecule has 4 heterocycles. The number of pyridine rings is 3. The van der Waals surface area contributed by atoms with Gasteiger partial charge in [-0.15, -0.1) is 0 Å². The van der Waals surface area contributed by atoms with Crippen LogP contribution in [0.15, 0.2) is 65.5 Å². The van der Waals surface area contributed by atoms with Crippen LogP contribution in [0.5, 0.6) is 0 Å². The van der Waals surface area contributed by atoms with Crippen molar-refractivity contribution in [1.29, 1.82) is 0 Å². The van der Waals surface area contributed by atoms with Gasteiger partial charge >= 0.3 is 5.92 Å². The molecule has 0 spiro atoms. The van der Waals surface area contributed by atoms with Crippen LogP contribution in [-0.4, -0.2) is 26.3 Å². The molecule has 4 nitrogen and oxygen atoms in total. The van der Waals surface area contributed by atoms with Crippen molar-refractivity contribution < 1.29 is 13.2 Å². The Kier molecular flexibility index (Phi) is 4.89. The topological polar surface area (TPSA) is 43.1 Å². The second-order valence-electron chi connectivity index (χ2n) is 6.26. The zero-order valence-electron chi connectivity index (χ0n) is 14.5. The molecule has 0 aromatic carbocycles. The fourth-order valence-electron chi connectivity index (χ4n) is 3.00. The Morgan fingerprint density at radius 1 is 1.00 bits per heavy atom. The van der Waals surface area contributed by atoms with Crippen LogP contribution in [0, 0.1) is 0 Å². The lowest BCUT2D eigenvalue weighted by molar-refractivity contribution is -0.0321. The summed E-state index contributed by atoms with van der Waals surface area (Å²) in [5.41, 5.74) is 3.54. The summed E-state index contributed by atoms with van der Waals surface area (Å²) in [6, 6.07) is 12.3. The molecule has 4 aromatic rings. The van der Waals surface area contributed by atoms with Crippen LogP contribution < -0.4 is 0 Å². The SMILES string of the molecule is FCC(F)(F)c1ccc(Cc2ncccc2-c2cccc3c(Br)cnn23)cn1. The highest BCUT2D eigenvalue weighted by atomic mass is 79.9. The Labute approximate surface area is 167 Å². The Morgan fingerprint density at radius 3 is 2.61 bits per heavy atom. The van der Waals surface area contributed by atoms with E-state index in [4.69, 9.17) is 0 Å². The molecule has 8 heteroatoms. The monoisotopic (exact) mass is 446 g/mol. The molecule has 0 radical (unpaired) electrons. The predicted octanol–water partition coefficient (Wildman–Crippen LogP) is 5.21. The Balaban J connectivity index is 1.71. The Morgan fingerprint density at radius 2 is 1.86 bits per heavy atom. The maximum Gasteiger partial charge on any atom is 0.317 e. The molecule has 0 amide bonds. The average molecular weight is 447 g/mol. The molecule has 0 aliphatic carbocycles. The van der Waals surface area contributed by atoms with Crippen molar-refractivity contribution in [1.82, 2.24) is 19.6 Å². The van der Waals surface area contributed by atoms with E-state index in [9.17, 15) is 13.2 Å². The van der Waals surface area contributed by atoms with E-state index in [-0.39, 0.29) is 0 Å². The van der Waals surface area contributed by atoms with Crippen LogP contribution in [0.4, 0.5) is 13.2 Å². The number of hydrogen-bond donors (Lipinski definition) is 0. The number of nitrogens with zero attached hydrogens (tertiary/aromatic N) is 4. The third kappa shape index (κ3) is 3.40.